The minimum absolute atomic E-state index is 0.220. The van der Waals surface area contributed by atoms with Crippen molar-refractivity contribution in [2.45, 2.75) is 12.6 Å². The molecule has 2 N–H and O–H groups in total. The molecule has 3 aromatic rings. The first-order valence-corrected chi connectivity index (χ1v) is 7.10. The second-order valence-electron chi connectivity index (χ2n) is 5.10. The Bertz CT molecular complexity index is 782. The molecule has 2 aromatic carbocycles. The molecule has 1 atom stereocenters. The molecule has 22 heavy (non-hydrogen) atoms. The predicted molar refractivity (Wildman–Crippen MR) is 86.2 cm³/mol. The number of ether oxygens (including phenoxy) is 2. The van der Waals surface area contributed by atoms with Crippen LogP contribution in [0.15, 0.2) is 48.8 Å². The average molecular weight is 297 g/mol. The zero-order valence-corrected chi connectivity index (χ0v) is 12.7. The summed E-state index contributed by atoms with van der Waals surface area (Å²) in [7, 11) is 3.28. The number of hydrogen-bond acceptors (Lipinski definition) is 4. The van der Waals surface area contributed by atoms with E-state index in [9.17, 15) is 0 Å². The summed E-state index contributed by atoms with van der Waals surface area (Å²) >= 11 is 0. The summed E-state index contributed by atoms with van der Waals surface area (Å²) in [5.41, 5.74) is 9.34. The van der Waals surface area contributed by atoms with Crippen LogP contribution < -0.4 is 15.2 Å². The molecule has 0 fully saturated rings. The van der Waals surface area contributed by atoms with Gasteiger partial charge in [0.1, 0.15) is 11.5 Å². The molecule has 5 nitrogen and oxygen atoms in total. The van der Waals surface area contributed by atoms with E-state index in [1.807, 2.05) is 48.8 Å². The Labute approximate surface area is 129 Å². The van der Waals surface area contributed by atoms with Gasteiger partial charge in [-0.15, -0.1) is 0 Å². The standard InChI is InChI=1S/C17H19N3O2/c1-21-12-7-8-17(22-2)13(9-12)14(18)10-20-11-19-15-5-3-4-6-16(15)20/h3-9,11,14H,10,18H2,1-2H3. The van der Waals surface area contributed by atoms with E-state index < -0.39 is 0 Å². The third-order valence-corrected chi connectivity index (χ3v) is 3.76. The van der Waals surface area contributed by atoms with E-state index in [1.165, 1.54) is 0 Å². The maximum Gasteiger partial charge on any atom is 0.123 e. The molecule has 0 saturated heterocycles. The number of benzene rings is 2. The molecule has 114 valence electrons. The number of hydrogen-bond donors (Lipinski definition) is 1. The van der Waals surface area contributed by atoms with Crippen molar-refractivity contribution in [2.75, 3.05) is 14.2 Å². The number of fused-ring (bicyclic) bond motifs is 1. The third kappa shape index (κ3) is 2.63. The number of aromatic nitrogens is 2. The highest BCUT2D eigenvalue weighted by Crippen LogP contribution is 2.29. The lowest BCUT2D eigenvalue weighted by Crippen LogP contribution is -2.18. The van der Waals surface area contributed by atoms with Crippen molar-refractivity contribution in [3.8, 4) is 11.5 Å². The van der Waals surface area contributed by atoms with E-state index >= 15 is 0 Å². The van der Waals surface area contributed by atoms with Crippen LogP contribution in [-0.4, -0.2) is 23.8 Å². The lowest BCUT2D eigenvalue weighted by atomic mass is 10.1. The van der Waals surface area contributed by atoms with Crippen LogP contribution in [0, 0.1) is 0 Å². The van der Waals surface area contributed by atoms with Gasteiger partial charge in [0.25, 0.3) is 0 Å². The second-order valence-corrected chi connectivity index (χ2v) is 5.10. The Morgan fingerprint density at radius 1 is 1.14 bits per heavy atom. The van der Waals surface area contributed by atoms with Crippen LogP contribution in [0.1, 0.15) is 11.6 Å². The van der Waals surface area contributed by atoms with Gasteiger partial charge in [0.2, 0.25) is 0 Å². The van der Waals surface area contributed by atoms with Crippen LogP contribution in [0.2, 0.25) is 0 Å². The van der Waals surface area contributed by atoms with E-state index in [2.05, 4.69) is 9.55 Å². The first kappa shape index (κ1) is 14.4. The number of nitrogens with two attached hydrogens (primary N) is 1. The average Bonchev–Trinajstić information content (AvgIpc) is 2.97. The van der Waals surface area contributed by atoms with Crippen molar-refractivity contribution in [3.05, 3.63) is 54.4 Å². The summed E-state index contributed by atoms with van der Waals surface area (Å²) in [6, 6.07) is 13.4. The lowest BCUT2D eigenvalue weighted by molar-refractivity contribution is 0.392. The lowest BCUT2D eigenvalue weighted by Gasteiger charge is -2.17. The first-order chi connectivity index (χ1) is 10.7. The van der Waals surface area contributed by atoms with Gasteiger partial charge in [-0.05, 0) is 30.3 Å². The van der Waals surface area contributed by atoms with Gasteiger partial charge in [-0.1, -0.05) is 12.1 Å². The van der Waals surface area contributed by atoms with E-state index in [0.29, 0.717) is 6.54 Å². The smallest absolute Gasteiger partial charge is 0.123 e. The Balaban J connectivity index is 1.92. The molecule has 0 aliphatic rings. The number of nitrogens with zero attached hydrogens (tertiary/aromatic N) is 2. The molecule has 5 heteroatoms. The molecule has 0 bridgehead atoms. The fraction of sp³-hybridized carbons (Fsp3) is 0.235. The number of imidazole rings is 1. The maximum atomic E-state index is 6.39. The molecular weight excluding hydrogens is 278 g/mol. The van der Waals surface area contributed by atoms with Gasteiger partial charge in [0.05, 0.1) is 37.6 Å². The largest absolute Gasteiger partial charge is 0.497 e. The SMILES string of the molecule is COc1ccc(OC)c(C(N)Cn2cnc3ccccc32)c1. The monoisotopic (exact) mass is 297 g/mol. The molecule has 3 rings (SSSR count). The first-order valence-electron chi connectivity index (χ1n) is 7.10. The van der Waals surface area contributed by atoms with Gasteiger partial charge in [-0.3, -0.25) is 0 Å². The summed E-state index contributed by atoms with van der Waals surface area (Å²) in [5, 5.41) is 0. The normalized spacial score (nSPS) is 12.3. The summed E-state index contributed by atoms with van der Waals surface area (Å²) in [6.07, 6.45) is 1.82. The molecule has 0 amide bonds. The fourth-order valence-corrected chi connectivity index (χ4v) is 2.60. The second kappa shape index (κ2) is 6.07. The van der Waals surface area contributed by atoms with E-state index in [0.717, 1.165) is 28.1 Å². The molecule has 0 aliphatic carbocycles. The fourth-order valence-electron chi connectivity index (χ4n) is 2.60. The highest BCUT2D eigenvalue weighted by molar-refractivity contribution is 5.74. The molecule has 0 aliphatic heterocycles. The number of methoxy groups -OCH3 is 2. The zero-order chi connectivity index (χ0) is 15.5. The van der Waals surface area contributed by atoms with Gasteiger partial charge in [-0.25, -0.2) is 4.98 Å². The molecule has 1 unspecified atom stereocenters. The van der Waals surface area contributed by atoms with Crippen LogP contribution >= 0.6 is 0 Å². The van der Waals surface area contributed by atoms with Crippen LogP contribution in [0.3, 0.4) is 0 Å². The third-order valence-electron chi connectivity index (χ3n) is 3.76. The molecule has 1 heterocycles. The Kier molecular flexibility index (Phi) is 3.98. The summed E-state index contributed by atoms with van der Waals surface area (Å²) in [6.45, 7) is 0.615. The minimum atomic E-state index is -0.220. The predicted octanol–water partition coefficient (Wildman–Crippen LogP) is 2.75. The Morgan fingerprint density at radius 3 is 2.73 bits per heavy atom. The van der Waals surface area contributed by atoms with Crippen LogP contribution in [0.5, 0.6) is 11.5 Å². The molecule has 1 aromatic heterocycles. The van der Waals surface area contributed by atoms with Crippen molar-refractivity contribution < 1.29 is 9.47 Å². The number of rotatable bonds is 5. The van der Waals surface area contributed by atoms with Gasteiger partial charge >= 0.3 is 0 Å². The zero-order valence-electron chi connectivity index (χ0n) is 12.7. The van der Waals surface area contributed by atoms with E-state index in [4.69, 9.17) is 15.2 Å². The van der Waals surface area contributed by atoms with Crippen LogP contribution in [-0.2, 0) is 6.54 Å². The number of para-hydroxylation sites is 2. The van der Waals surface area contributed by atoms with Gasteiger partial charge < -0.3 is 19.8 Å². The van der Waals surface area contributed by atoms with Crippen molar-refractivity contribution in [1.82, 2.24) is 9.55 Å². The van der Waals surface area contributed by atoms with E-state index in [-0.39, 0.29) is 6.04 Å². The van der Waals surface area contributed by atoms with E-state index in [1.54, 1.807) is 14.2 Å². The van der Waals surface area contributed by atoms with Gasteiger partial charge in [0, 0.05) is 12.1 Å². The van der Waals surface area contributed by atoms with Crippen LogP contribution in [0.25, 0.3) is 11.0 Å². The highest BCUT2D eigenvalue weighted by atomic mass is 16.5. The molecular formula is C17H19N3O2. The van der Waals surface area contributed by atoms with Gasteiger partial charge in [0.15, 0.2) is 0 Å². The minimum Gasteiger partial charge on any atom is -0.497 e. The quantitative estimate of drug-likeness (QED) is 0.786. The summed E-state index contributed by atoms with van der Waals surface area (Å²) < 4.78 is 12.7. The van der Waals surface area contributed by atoms with Crippen molar-refractivity contribution in [1.29, 1.82) is 0 Å². The molecule has 0 spiro atoms. The van der Waals surface area contributed by atoms with Crippen molar-refractivity contribution in [2.24, 2.45) is 5.73 Å². The summed E-state index contributed by atoms with van der Waals surface area (Å²) in [4.78, 5) is 4.39. The van der Waals surface area contributed by atoms with Crippen molar-refractivity contribution in [3.63, 3.8) is 0 Å². The topological polar surface area (TPSA) is 62.3 Å². The Hall–Kier alpha value is -2.53. The maximum absolute atomic E-state index is 6.39. The highest BCUT2D eigenvalue weighted by Gasteiger charge is 2.15. The molecule has 0 saturated carbocycles. The van der Waals surface area contributed by atoms with Gasteiger partial charge in [-0.2, -0.15) is 0 Å². The summed E-state index contributed by atoms with van der Waals surface area (Å²) in [5.74, 6) is 1.53. The van der Waals surface area contributed by atoms with Crippen molar-refractivity contribution >= 4 is 11.0 Å². The molecule has 0 radical (unpaired) electrons. The van der Waals surface area contributed by atoms with Crippen LogP contribution in [0.4, 0.5) is 0 Å². The Morgan fingerprint density at radius 2 is 1.95 bits per heavy atom.